The third kappa shape index (κ3) is 10.6. The monoisotopic (exact) mass is 465 g/mol. The van der Waals surface area contributed by atoms with E-state index in [0.29, 0.717) is 0 Å². The molecule has 0 aliphatic carbocycles. The first kappa shape index (κ1) is 27.9. The summed E-state index contributed by atoms with van der Waals surface area (Å²) >= 11 is 0. The molecule has 2 atom stereocenters. The SMILES string of the molecule is C=C(C)C(ONC(C)=O)C(CC)[Si](O[Si](C)(C)C)(O[Si](C)(C)C)O[Si](C)(C)C. The lowest BCUT2D eigenvalue weighted by atomic mass is 10.1. The first-order valence-corrected chi connectivity index (χ1v) is 22.0. The smallest absolute Gasteiger partial charge is 0.417 e. The van der Waals surface area contributed by atoms with E-state index < -0.39 is 39.9 Å². The predicted octanol–water partition coefficient (Wildman–Crippen LogP) is 5.27. The molecule has 28 heavy (non-hydrogen) atoms. The number of hydrogen-bond donors (Lipinski definition) is 1. The van der Waals surface area contributed by atoms with Crippen LogP contribution in [0.15, 0.2) is 12.2 Å². The summed E-state index contributed by atoms with van der Waals surface area (Å²) < 4.78 is 20.5. The molecule has 0 rings (SSSR count). The minimum absolute atomic E-state index is 0.151. The highest BCUT2D eigenvalue weighted by Gasteiger charge is 2.58. The zero-order valence-corrected chi connectivity index (χ0v) is 24.1. The number of hydrogen-bond acceptors (Lipinski definition) is 5. The van der Waals surface area contributed by atoms with Gasteiger partial charge in [-0.25, -0.2) is 5.48 Å². The van der Waals surface area contributed by atoms with Gasteiger partial charge in [-0.1, -0.05) is 13.5 Å². The molecule has 0 bridgehead atoms. The summed E-state index contributed by atoms with van der Waals surface area (Å²) in [5, 5.41) is 0. The molecule has 0 aromatic rings. The molecule has 0 aromatic carbocycles. The van der Waals surface area contributed by atoms with Crippen LogP contribution in [0.1, 0.15) is 27.2 Å². The van der Waals surface area contributed by atoms with Gasteiger partial charge in [0.25, 0.3) is 0 Å². The fourth-order valence-electron chi connectivity index (χ4n) is 2.89. The fraction of sp³-hybridized carbons (Fsp3) is 0.833. The maximum atomic E-state index is 11.5. The highest BCUT2D eigenvalue weighted by molar-refractivity contribution is 6.90. The van der Waals surface area contributed by atoms with Gasteiger partial charge in [-0.05, 0) is 77.8 Å². The molecule has 1 amide bonds. The summed E-state index contributed by atoms with van der Waals surface area (Å²) in [6, 6.07) is 0. The lowest BCUT2D eigenvalue weighted by Crippen LogP contribution is -2.65. The molecule has 0 saturated carbocycles. The Kier molecular flexibility index (Phi) is 10.3. The van der Waals surface area contributed by atoms with Crippen LogP contribution in [-0.4, -0.2) is 45.8 Å². The largest absolute Gasteiger partial charge is 0.475 e. The average molecular weight is 466 g/mol. The molecule has 10 heteroatoms. The van der Waals surface area contributed by atoms with Crippen molar-refractivity contribution in [3.05, 3.63) is 12.2 Å². The number of amides is 1. The Morgan fingerprint density at radius 2 is 1.21 bits per heavy atom. The predicted molar refractivity (Wildman–Crippen MR) is 127 cm³/mol. The highest BCUT2D eigenvalue weighted by Crippen LogP contribution is 2.41. The third-order valence-corrected chi connectivity index (χ3v) is 15.8. The molecule has 1 N–H and O–H groups in total. The minimum Gasteiger partial charge on any atom is -0.417 e. The summed E-state index contributed by atoms with van der Waals surface area (Å²) in [6.07, 6.45) is 0.299. The molecule has 0 spiro atoms. The molecule has 0 saturated heterocycles. The molecule has 6 nitrogen and oxygen atoms in total. The number of rotatable bonds is 12. The van der Waals surface area contributed by atoms with Crippen LogP contribution in [0.25, 0.3) is 0 Å². The molecule has 0 radical (unpaired) electrons. The Labute approximate surface area is 177 Å². The molecule has 0 aliphatic rings. The molecule has 0 aromatic heterocycles. The second-order valence-electron chi connectivity index (χ2n) is 10.3. The molecule has 166 valence electrons. The van der Waals surface area contributed by atoms with Gasteiger partial charge in [-0.3, -0.25) is 9.63 Å². The standard InChI is InChI=1S/C18H43NO5Si4/c1-14-17(18(15(2)3)21-19-16(4)20)28(22-25(5,6)7,23-26(8,9)10)24-27(11,12)13/h17-18H,2,14H2,1,3-13H3,(H,19,20). The van der Waals surface area contributed by atoms with E-state index in [1.807, 2.05) is 6.92 Å². The van der Waals surface area contributed by atoms with Crippen molar-refractivity contribution >= 4 is 39.7 Å². The van der Waals surface area contributed by atoms with Crippen LogP contribution in [0.2, 0.25) is 64.5 Å². The number of carbonyl (C=O) groups excluding carboxylic acids is 1. The van der Waals surface area contributed by atoms with E-state index in [-0.39, 0.29) is 11.4 Å². The van der Waals surface area contributed by atoms with Crippen molar-refractivity contribution in [2.75, 3.05) is 0 Å². The maximum absolute atomic E-state index is 11.5. The van der Waals surface area contributed by atoms with E-state index in [0.717, 1.165) is 12.0 Å². The second-order valence-corrected chi connectivity index (χ2v) is 27.4. The van der Waals surface area contributed by atoms with Crippen molar-refractivity contribution in [1.82, 2.24) is 5.48 Å². The van der Waals surface area contributed by atoms with Gasteiger partial charge >= 0.3 is 8.80 Å². The molecule has 0 fully saturated rings. The van der Waals surface area contributed by atoms with Gasteiger partial charge in [0.1, 0.15) is 6.10 Å². The van der Waals surface area contributed by atoms with E-state index in [2.05, 4.69) is 77.9 Å². The van der Waals surface area contributed by atoms with Crippen LogP contribution in [-0.2, 0) is 22.0 Å². The molecular weight excluding hydrogens is 423 g/mol. The van der Waals surface area contributed by atoms with Crippen LogP contribution >= 0.6 is 0 Å². The second kappa shape index (κ2) is 10.3. The summed E-state index contributed by atoms with van der Waals surface area (Å²) in [6.45, 7) is 29.0. The minimum atomic E-state index is -3.18. The zero-order chi connectivity index (χ0) is 22.6. The lowest BCUT2D eigenvalue weighted by Gasteiger charge is -2.48. The van der Waals surface area contributed by atoms with E-state index in [9.17, 15) is 4.79 Å². The topological polar surface area (TPSA) is 66.0 Å². The van der Waals surface area contributed by atoms with Crippen LogP contribution < -0.4 is 5.48 Å². The van der Waals surface area contributed by atoms with Gasteiger partial charge < -0.3 is 12.3 Å². The average Bonchev–Trinajstić information content (AvgIpc) is 2.35. The normalized spacial score (nSPS) is 15.9. The molecule has 0 heterocycles. The first-order chi connectivity index (χ1) is 12.3. The molecular formula is C18H43NO5Si4. The van der Waals surface area contributed by atoms with Gasteiger partial charge in [0.05, 0.1) is 5.54 Å². The van der Waals surface area contributed by atoms with Crippen LogP contribution in [0, 0.1) is 0 Å². The number of nitrogens with one attached hydrogen (secondary N) is 1. The van der Waals surface area contributed by atoms with Crippen molar-refractivity contribution in [2.45, 2.75) is 97.8 Å². The Morgan fingerprint density at radius 3 is 1.43 bits per heavy atom. The van der Waals surface area contributed by atoms with Gasteiger partial charge in [-0.2, -0.15) is 0 Å². The number of carbonyl (C=O) groups is 1. The molecule has 0 aliphatic heterocycles. The van der Waals surface area contributed by atoms with E-state index in [4.69, 9.17) is 17.2 Å². The van der Waals surface area contributed by atoms with E-state index in [1.165, 1.54) is 6.92 Å². The van der Waals surface area contributed by atoms with E-state index >= 15 is 0 Å². The van der Waals surface area contributed by atoms with Gasteiger partial charge in [-0.15, -0.1) is 0 Å². The zero-order valence-electron chi connectivity index (χ0n) is 20.1. The van der Waals surface area contributed by atoms with Crippen LogP contribution in [0.3, 0.4) is 0 Å². The summed E-state index contributed by atoms with van der Waals surface area (Å²) in [5.74, 6) is -0.253. The quantitative estimate of drug-likeness (QED) is 0.241. The van der Waals surface area contributed by atoms with E-state index in [1.54, 1.807) is 0 Å². The third-order valence-electron chi connectivity index (χ3n) is 3.42. The fourth-order valence-corrected chi connectivity index (χ4v) is 17.8. The summed E-state index contributed by atoms with van der Waals surface area (Å²) in [5.41, 5.74) is 3.16. The highest BCUT2D eigenvalue weighted by atomic mass is 28.5. The van der Waals surface area contributed by atoms with Crippen molar-refractivity contribution in [3.8, 4) is 0 Å². The van der Waals surface area contributed by atoms with Crippen molar-refractivity contribution in [3.63, 3.8) is 0 Å². The van der Waals surface area contributed by atoms with Gasteiger partial charge in [0, 0.05) is 6.92 Å². The Balaban J connectivity index is 6.49. The molecule has 2 unspecified atom stereocenters. The van der Waals surface area contributed by atoms with Crippen molar-refractivity contribution < 1.29 is 22.0 Å². The lowest BCUT2D eigenvalue weighted by molar-refractivity contribution is -0.135. The van der Waals surface area contributed by atoms with Gasteiger partial charge in [0.15, 0.2) is 25.0 Å². The summed E-state index contributed by atoms with van der Waals surface area (Å²) in [4.78, 5) is 17.3. The number of hydroxylamine groups is 1. The van der Waals surface area contributed by atoms with Crippen LogP contribution in [0.5, 0.6) is 0 Å². The summed E-state index contributed by atoms with van der Waals surface area (Å²) in [7, 11) is -9.22. The Hall–Kier alpha value is -0.0825. The van der Waals surface area contributed by atoms with Crippen molar-refractivity contribution in [1.29, 1.82) is 0 Å². The Morgan fingerprint density at radius 1 is 0.857 bits per heavy atom. The van der Waals surface area contributed by atoms with Crippen LogP contribution in [0.4, 0.5) is 0 Å². The first-order valence-electron chi connectivity index (χ1n) is 10.00. The van der Waals surface area contributed by atoms with Crippen molar-refractivity contribution in [2.24, 2.45) is 0 Å². The maximum Gasteiger partial charge on any atom is 0.475 e. The Bertz CT molecular complexity index is 497. The van der Waals surface area contributed by atoms with Gasteiger partial charge in [0.2, 0.25) is 5.91 Å².